The van der Waals surface area contributed by atoms with Crippen molar-refractivity contribution in [3.8, 4) is 0 Å². The number of nitrogen functional groups attached to an aromatic ring is 1. The second-order valence-electron chi connectivity index (χ2n) is 6.78. The lowest BCUT2D eigenvalue weighted by Crippen LogP contribution is -2.41. The maximum absolute atomic E-state index is 12.5. The quantitative estimate of drug-likeness (QED) is 0.828. The molecule has 1 fully saturated rings. The molecule has 134 valence electrons. The lowest BCUT2D eigenvalue weighted by molar-refractivity contribution is 0.399. The average Bonchev–Trinajstić information content (AvgIpc) is 3.03. The molecule has 0 amide bonds. The maximum Gasteiger partial charge on any atom is 0.332 e. The number of aromatic nitrogens is 2. The van der Waals surface area contributed by atoms with Crippen LogP contribution >= 0.6 is 0 Å². The van der Waals surface area contributed by atoms with E-state index < -0.39 is 5.69 Å². The molecule has 1 aliphatic heterocycles. The van der Waals surface area contributed by atoms with Gasteiger partial charge in [0.25, 0.3) is 5.56 Å². The smallest absolute Gasteiger partial charge is 0.332 e. The van der Waals surface area contributed by atoms with Crippen molar-refractivity contribution in [2.45, 2.75) is 13.0 Å². The van der Waals surface area contributed by atoms with Gasteiger partial charge in [0, 0.05) is 20.1 Å². The fourth-order valence-electron chi connectivity index (χ4n) is 3.31. The van der Waals surface area contributed by atoms with Crippen LogP contribution in [0.4, 0.5) is 11.5 Å². The first-order valence-electron chi connectivity index (χ1n) is 8.53. The highest BCUT2D eigenvalue weighted by Crippen LogP contribution is 2.17. The van der Waals surface area contributed by atoms with Crippen LogP contribution in [-0.4, -0.2) is 40.7 Å². The van der Waals surface area contributed by atoms with Crippen molar-refractivity contribution in [3.63, 3.8) is 0 Å². The molecule has 1 aromatic heterocycles. The van der Waals surface area contributed by atoms with E-state index in [1.165, 1.54) is 11.6 Å². The predicted octanol–water partition coefficient (Wildman–Crippen LogP) is 0.541. The number of nitrogens with one attached hydrogen (secondary N) is 1. The summed E-state index contributed by atoms with van der Waals surface area (Å²) in [6, 6.07) is 9.60. The number of likely N-dealkylation sites (tertiary alicyclic amines) is 1. The zero-order valence-corrected chi connectivity index (χ0v) is 14.7. The summed E-state index contributed by atoms with van der Waals surface area (Å²) in [7, 11) is 3.58. The van der Waals surface area contributed by atoms with Crippen LogP contribution in [0.25, 0.3) is 0 Å². The molecular weight excluding hydrogens is 318 g/mol. The van der Waals surface area contributed by atoms with Gasteiger partial charge in [-0.15, -0.1) is 0 Å². The number of hydrogen-bond donors (Lipinski definition) is 2. The normalized spacial score (nSPS) is 17.8. The van der Waals surface area contributed by atoms with Crippen molar-refractivity contribution in [1.29, 1.82) is 0 Å². The molecule has 3 N–H and O–H groups in total. The Morgan fingerprint density at radius 3 is 2.56 bits per heavy atom. The molecule has 7 nitrogen and oxygen atoms in total. The van der Waals surface area contributed by atoms with Gasteiger partial charge in [-0.2, -0.15) is 0 Å². The van der Waals surface area contributed by atoms with E-state index in [0.717, 1.165) is 29.6 Å². The highest BCUT2D eigenvalue weighted by molar-refractivity contribution is 5.60. The van der Waals surface area contributed by atoms with Gasteiger partial charge in [0.05, 0.1) is 6.54 Å². The Morgan fingerprint density at radius 1 is 1.20 bits per heavy atom. The highest BCUT2D eigenvalue weighted by atomic mass is 16.2. The van der Waals surface area contributed by atoms with Crippen LogP contribution in [0.3, 0.4) is 0 Å². The number of benzene rings is 1. The first-order chi connectivity index (χ1) is 12.0. The Kier molecular flexibility index (Phi) is 4.94. The molecule has 0 saturated carbocycles. The van der Waals surface area contributed by atoms with Crippen molar-refractivity contribution in [1.82, 2.24) is 14.0 Å². The molecule has 0 radical (unpaired) electrons. The van der Waals surface area contributed by atoms with E-state index in [2.05, 4.69) is 17.3 Å². The van der Waals surface area contributed by atoms with Crippen molar-refractivity contribution >= 4 is 11.5 Å². The fraction of sp³-hybridized carbons (Fsp3) is 0.444. The summed E-state index contributed by atoms with van der Waals surface area (Å²) in [5, 5.41) is 3.19. The molecule has 2 heterocycles. The van der Waals surface area contributed by atoms with E-state index in [1.54, 1.807) is 0 Å². The second-order valence-corrected chi connectivity index (χ2v) is 6.78. The fourth-order valence-corrected chi connectivity index (χ4v) is 3.31. The van der Waals surface area contributed by atoms with Crippen molar-refractivity contribution in [2.24, 2.45) is 13.0 Å². The monoisotopic (exact) mass is 343 g/mol. The molecule has 1 aliphatic rings. The number of nitrogens with zero attached hydrogens (tertiary/aromatic N) is 3. The molecule has 1 unspecified atom stereocenters. The Labute approximate surface area is 146 Å². The minimum atomic E-state index is -0.405. The van der Waals surface area contributed by atoms with Gasteiger partial charge in [-0.05, 0) is 31.5 Å². The van der Waals surface area contributed by atoms with E-state index >= 15 is 0 Å². The van der Waals surface area contributed by atoms with Crippen LogP contribution < -0.4 is 22.3 Å². The predicted molar refractivity (Wildman–Crippen MR) is 100.0 cm³/mol. The molecule has 1 atom stereocenters. The third-order valence-corrected chi connectivity index (χ3v) is 4.82. The van der Waals surface area contributed by atoms with Gasteiger partial charge >= 0.3 is 5.69 Å². The molecular formula is C18H25N5O2. The minimum absolute atomic E-state index is 0.198. The van der Waals surface area contributed by atoms with E-state index in [-0.39, 0.29) is 11.4 Å². The van der Waals surface area contributed by atoms with Gasteiger partial charge in [-0.1, -0.05) is 30.3 Å². The number of hydrogen-bond acceptors (Lipinski definition) is 5. The minimum Gasteiger partial charge on any atom is -0.383 e. The number of rotatable bonds is 5. The first-order valence-corrected chi connectivity index (χ1v) is 8.53. The molecule has 1 aromatic carbocycles. The Balaban J connectivity index is 1.90. The van der Waals surface area contributed by atoms with Gasteiger partial charge in [0.2, 0.25) is 0 Å². The van der Waals surface area contributed by atoms with Crippen LogP contribution in [0.15, 0.2) is 39.9 Å². The third kappa shape index (κ3) is 3.61. The van der Waals surface area contributed by atoms with Crippen LogP contribution in [0, 0.1) is 5.92 Å². The summed E-state index contributed by atoms with van der Waals surface area (Å²) in [5.41, 5.74) is 6.68. The average molecular weight is 343 g/mol. The summed E-state index contributed by atoms with van der Waals surface area (Å²) in [6.45, 7) is 3.07. The van der Waals surface area contributed by atoms with Crippen LogP contribution in [0.2, 0.25) is 0 Å². The standard InChI is InChI=1S/C18H25N5O2/c1-21-9-8-14(11-21)10-20-15-16(19)23(18(25)22(2)17(15)24)12-13-6-4-3-5-7-13/h3-7,14,20H,8-12,19H2,1-2H3. The Morgan fingerprint density at radius 2 is 1.92 bits per heavy atom. The van der Waals surface area contributed by atoms with E-state index in [9.17, 15) is 9.59 Å². The van der Waals surface area contributed by atoms with Gasteiger partial charge in [0.1, 0.15) is 11.5 Å². The highest BCUT2D eigenvalue weighted by Gasteiger charge is 2.21. The van der Waals surface area contributed by atoms with Gasteiger partial charge < -0.3 is 16.0 Å². The summed E-state index contributed by atoms with van der Waals surface area (Å²) in [4.78, 5) is 27.2. The van der Waals surface area contributed by atoms with Crippen molar-refractivity contribution in [3.05, 3.63) is 56.7 Å². The van der Waals surface area contributed by atoms with E-state index in [1.807, 2.05) is 30.3 Å². The lowest BCUT2D eigenvalue weighted by Gasteiger charge is -2.18. The molecule has 25 heavy (non-hydrogen) atoms. The molecule has 3 rings (SSSR count). The Hall–Kier alpha value is -2.54. The first kappa shape index (κ1) is 17.3. The van der Waals surface area contributed by atoms with Crippen molar-refractivity contribution < 1.29 is 0 Å². The van der Waals surface area contributed by atoms with Gasteiger partial charge in [0.15, 0.2) is 0 Å². The molecule has 0 spiro atoms. The molecule has 7 heteroatoms. The molecule has 2 aromatic rings. The lowest BCUT2D eigenvalue weighted by atomic mass is 10.1. The number of anilines is 2. The third-order valence-electron chi connectivity index (χ3n) is 4.82. The second kappa shape index (κ2) is 7.14. The molecule has 0 bridgehead atoms. The largest absolute Gasteiger partial charge is 0.383 e. The van der Waals surface area contributed by atoms with E-state index in [4.69, 9.17) is 5.73 Å². The summed E-state index contributed by atoms with van der Waals surface area (Å²) < 4.78 is 2.56. The van der Waals surface area contributed by atoms with Crippen molar-refractivity contribution in [2.75, 3.05) is 37.7 Å². The zero-order valence-electron chi connectivity index (χ0n) is 14.7. The maximum atomic E-state index is 12.5. The number of nitrogens with two attached hydrogens (primary N) is 1. The molecule has 0 aliphatic carbocycles. The SMILES string of the molecule is CN1CCC(CNc2c(N)n(Cc3ccccc3)c(=O)n(C)c2=O)C1. The van der Waals surface area contributed by atoms with Crippen LogP contribution in [0.5, 0.6) is 0 Å². The summed E-state index contributed by atoms with van der Waals surface area (Å²) >= 11 is 0. The molecule has 1 saturated heterocycles. The summed E-state index contributed by atoms with van der Waals surface area (Å²) in [5.74, 6) is 0.673. The van der Waals surface area contributed by atoms with E-state index in [0.29, 0.717) is 24.7 Å². The van der Waals surface area contributed by atoms with Gasteiger partial charge in [-0.25, -0.2) is 4.79 Å². The Bertz CT molecular complexity index is 856. The summed E-state index contributed by atoms with van der Waals surface area (Å²) in [6.07, 6.45) is 1.09. The van der Waals surface area contributed by atoms with Crippen LogP contribution in [-0.2, 0) is 13.6 Å². The topological polar surface area (TPSA) is 85.3 Å². The van der Waals surface area contributed by atoms with Crippen LogP contribution in [0.1, 0.15) is 12.0 Å². The van der Waals surface area contributed by atoms with Gasteiger partial charge in [-0.3, -0.25) is 13.9 Å². The zero-order chi connectivity index (χ0) is 18.0.